The molecule has 1 aromatic heterocycles. The molecular formula is C21H30N2. The smallest absolute Gasteiger partial charge is 0.0516 e. The molecule has 0 saturated carbocycles. The molecular weight excluding hydrogens is 280 g/mol. The maximum absolute atomic E-state index is 4.86. The predicted octanol–water partition coefficient (Wildman–Crippen LogP) is 4.88. The van der Waals surface area contributed by atoms with Crippen molar-refractivity contribution in [2.45, 2.75) is 46.0 Å². The minimum atomic E-state index is 0.606. The fourth-order valence-corrected chi connectivity index (χ4v) is 4.12. The normalized spacial score (nSPS) is 22.8. The van der Waals surface area contributed by atoms with E-state index in [1.165, 1.54) is 48.0 Å². The Kier molecular flexibility index (Phi) is 5.01. The van der Waals surface area contributed by atoms with Gasteiger partial charge in [0.05, 0.1) is 5.69 Å². The van der Waals surface area contributed by atoms with Crippen LogP contribution in [0, 0.1) is 11.8 Å². The maximum Gasteiger partial charge on any atom is 0.0516 e. The third-order valence-corrected chi connectivity index (χ3v) is 5.32. The van der Waals surface area contributed by atoms with E-state index in [-0.39, 0.29) is 0 Å². The SMILES string of the molecule is CC[C@H]1CN(C)CC[C@@H]1c1nccc2ccc(CC(C)C)cc12. The zero-order valence-corrected chi connectivity index (χ0v) is 15.0. The van der Waals surface area contributed by atoms with Crippen molar-refractivity contribution in [3.8, 4) is 0 Å². The average Bonchev–Trinajstić information content (AvgIpc) is 2.53. The molecule has 1 saturated heterocycles. The molecule has 1 fully saturated rings. The van der Waals surface area contributed by atoms with Crippen LogP contribution < -0.4 is 0 Å². The fraction of sp³-hybridized carbons (Fsp3) is 0.571. The summed E-state index contributed by atoms with van der Waals surface area (Å²) in [5.74, 6) is 2.02. The van der Waals surface area contributed by atoms with E-state index in [0.29, 0.717) is 11.8 Å². The van der Waals surface area contributed by atoms with Crippen molar-refractivity contribution < 1.29 is 0 Å². The summed E-state index contributed by atoms with van der Waals surface area (Å²) in [5.41, 5.74) is 2.79. The lowest BCUT2D eigenvalue weighted by Crippen LogP contribution is -2.37. The van der Waals surface area contributed by atoms with Crippen LogP contribution >= 0.6 is 0 Å². The van der Waals surface area contributed by atoms with E-state index in [1.54, 1.807) is 0 Å². The third-order valence-electron chi connectivity index (χ3n) is 5.32. The molecule has 2 aromatic rings. The van der Waals surface area contributed by atoms with Gasteiger partial charge in [-0.25, -0.2) is 0 Å². The lowest BCUT2D eigenvalue weighted by molar-refractivity contribution is 0.178. The van der Waals surface area contributed by atoms with Gasteiger partial charge in [0, 0.05) is 24.0 Å². The van der Waals surface area contributed by atoms with E-state index < -0.39 is 0 Å². The molecule has 1 aromatic carbocycles. The van der Waals surface area contributed by atoms with Gasteiger partial charge < -0.3 is 4.90 Å². The van der Waals surface area contributed by atoms with E-state index >= 15 is 0 Å². The molecule has 1 aliphatic rings. The number of fused-ring (bicyclic) bond motifs is 1. The van der Waals surface area contributed by atoms with Crippen LogP contribution in [0.4, 0.5) is 0 Å². The first-order valence-corrected chi connectivity index (χ1v) is 9.14. The monoisotopic (exact) mass is 310 g/mol. The fourth-order valence-electron chi connectivity index (χ4n) is 4.12. The zero-order valence-electron chi connectivity index (χ0n) is 15.0. The van der Waals surface area contributed by atoms with Crippen molar-refractivity contribution in [1.29, 1.82) is 0 Å². The molecule has 2 heterocycles. The second-order valence-corrected chi connectivity index (χ2v) is 7.68. The second-order valence-electron chi connectivity index (χ2n) is 7.68. The summed E-state index contributed by atoms with van der Waals surface area (Å²) in [6.45, 7) is 9.29. The van der Waals surface area contributed by atoms with Gasteiger partial charge in [-0.05, 0) is 61.4 Å². The highest BCUT2D eigenvalue weighted by molar-refractivity contribution is 5.85. The molecule has 1 aliphatic heterocycles. The lowest BCUT2D eigenvalue weighted by Gasteiger charge is -2.36. The van der Waals surface area contributed by atoms with E-state index in [0.717, 1.165) is 12.3 Å². The van der Waals surface area contributed by atoms with Crippen molar-refractivity contribution in [2.24, 2.45) is 11.8 Å². The van der Waals surface area contributed by atoms with Crippen LogP contribution in [0.1, 0.15) is 50.8 Å². The number of pyridine rings is 1. The van der Waals surface area contributed by atoms with Crippen LogP contribution in [0.25, 0.3) is 10.8 Å². The van der Waals surface area contributed by atoms with Gasteiger partial charge in [-0.3, -0.25) is 4.98 Å². The molecule has 2 nitrogen and oxygen atoms in total. The Hall–Kier alpha value is -1.41. The second kappa shape index (κ2) is 7.00. The molecule has 0 aliphatic carbocycles. The average molecular weight is 310 g/mol. The van der Waals surface area contributed by atoms with E-state index in [9.17, 15) is 0 Å². The van der Waals surface area contributed by atoms with Crippen molar-refractivity contribution in [2.75, 3.05) is 20.1 Å². The van der Waals surface area contributed by atoms with Gasteiger partial charge in [0.2, 0.25) is 0 Å². The molecule has 0 bridgehead atoms. The predicted molar refractivity (Wildman–Crippen MR) is 98.9 cm³/mol. The molecule has 2 heteroatoms. The van der Waals surface area contributed by atoms with Crippen LogP contribution in [0.3, 0.4) is 0 Å². The van der Waals surface area contributed by atoms with Gasteiger partial charge in [0.1, 0.15) is 0 Å². The number of piperidine rings is 1. The van der Waals surface area contributed by atoms with E-state index in [4.69, 9.17) is 4.98 Å². The topological polar surface area (TPSA) is 16.1 Å². The Labute approximate surface area is 140 Å². The Morgan fingerprint density at radius 1 is 1.26 bits per heavy atom. The highest BCUT2D eigenvalue weighted by Crippen LogP contribution is 2.37. The molecule has 0 unspecified atom stereocenters. The molecule has 0 radical (unpaired) electrons. The molecule has 0 amide bonds. The number of rotatable bonds is 4. The Morgan fingerprint density at radius 3 is 2.83 bits per heavy atom. The van der Waals surface area contributed by atoms with Gasteiger partial charge >= 0.3 is 0 Å². The van der Waals surface area contributed by atoms with E-state index in [2.05, 4.69) is 57.0 Å². The van der Waals surface area contributed by atoms with Crippen LogP contribution in [0.5, 0.6) is 0 Å². The Bertz CT molecular complexity index is 662. The first-order valence-electron chi connectivity index (χ1n) is 9.14. The quantitative estimate of drug-likeness (QED) is 0.800. The van der Waals surface area contributed by atoms with Gasteiger partial charge in [-0.2, -0.15) is 0 Å². The summed E-state index contributed by atoms with van der Waals surface area (Å²) < 4.78 is 0. The minimum Gasteiger partial charge on any atom is -0.306 e. The number of hydrogen-bond donors (Lipinski definition) is 0. The van der Waals surface area contributed by atoms with Gasteiger partial charge in [0.25, 0.3) is 0 Å². The highest BCUT2D eigenvalue weighted by atomic mass is 15.1. The van der Waals surface area contributed by atoms with Crippen molar-refractivity contribution in [3.05, 3.63) is 41.7 Å². The minimum absolute atomic E-state index is 0.606. The number of hydrogen-bond acceptors (Lipinski definition) is 2. The number of nitrogens with zero attached hydrogens (tertiary/aromatic N) is 2. The van der Waals surface area contributed by atoms with Crippen LogP contribution in [0.2, 0.25) is 0 Å². The van der Waals surface area contributed by atoms with Crippen molar-refractivity contribution in [1.82, 2.24) is 9.88 Å². The summed E-state index contributed by atoms with van der Waals surface area (Å²) in [7, 11) is 2.25. The van der Waals surface area contributed by atoms with Crippen LogP contribution in [-0.4, -0.2) is 30.0 Å². The van der Waals surface area contributed by atoms with E-state index in [1.807, 2.05) is 6.20 Å². The van der Waals surface area contributed by atoms with Crippen LogP contribution in [0.15, 0.2) is 30.5 Å². The Morgan fingerprint density at radius 2 is 2.09 bits per heavy atom. The molecule has 23 heavy (non-hydrogen) atoms. The number of likely N-dealkylation sites (tertiary alicyclic amines) is 1. The molecule has 3 rings (SSSR count). The van der Waals surface area contributed by atoms with Crippen LogP contribution in [-0.2, 0) is 6.42 Å². The van der Waals surface area contributed by atoms with Crippen molar-refractivity contribution >= 4 is 10.8 Å². The number of aromatic nitrogens is 1. The Balaban J connectivity index is 2.02. The summed E-state index contributed by atoms with van der Waals surface area (Å²) in [4.78, 5) is 7.33. The summed E-state index contributed by atoms with van der Waals surface area (Å²) in [6, 6.07) is 9.14. The molecule has 0 spiro atoms. The summed E-state index contributed by atoms with van der Waals surface area (Å²) >= 11 is 0. The third kappa shape index (κ3) is 3.58. The zero-order chi connectivity index (χ0) is 16.4. The van der Waals surface area contributed by atoms with Gasteiger partial charge in [-0.15, -0.1) is 0 Å². The molecule has 124 valence electrons. The molecule has 0 N–H and O–H groups in total. The van der Waals surface area contributed by atoms with Gasteiger partial charge in [0.15, 0.2) is 0 Å². The number of benzene rings is 1. The summed E-state index contributed by atoms with van der Waals surface area (Å²) in [5, 5.41) is 2.73. The lowest BCUT2D eigenvalue weighted by atomic mass is 9.80. The summed E-state index contributed by atoms with van der Waals surface area (Å²) in [6.07, 6.45) is 5.62. The standard InChI is InChI=1S/C21H30N2/c1-5-17-14-23(4)11-9-19(17)21-20-13-16(12-15(2)3)6-7-18(20)8-10-22-21/h6-8,10,13,15,17,19H,5,9,11-12,14H2,1-4H3/t17-,19-/m0/s1. The highest BCUT2D eigenvalue weighted by Gasteiger charge is 2.29. The van der Waals surface area contributed by atoms with Crippen molar-refractivity contribution in [3.63, 3.8) is 0 Å². The molecule has 2 atom stereocenters. The van der Waals surface area contributed by atoms with Gasteiger partial charge in [-0.1, -0.05) is 39.3 Å². The largest absolute Gasteiger partial charge is 0.306 e. The first kappa shape index (κ1) is 16.4. The maximum atomic E-state index is 4.86. The first-order chi connectivity index (χ1) is 11.1.